The second-order valence-corrected chi connectivity index (χ2v) is 8.60. The van der Waals surface area contributed by atoms with Crippen molar-refractivity contribution in [2.45, 2.75) is 19.0 Å². The minimum Gasteiger partial charge on any atom is -0.348 e. The molecule has 0 bridgehead atoms. The highest BCUT2D eigenvalue weighted by Crippen LogP contribution is 2.33. The zero-order chi connectivity index (χ0) is 25.0. The monoisotopic (exact) mass is 490 g/mol. The Balaban J connectivity index is 1.44. The number of urea groups is 1. The Morgan fingerprint density at radius 1 is 0.943 bits per heavy atom. The second-order valence-electron chi connectivity index (χ2n) is 8.19. The molecule has 1 atom stereocenters. The van der Waals surface area contributed by atoms with Crippen molar-refractivity contribution in [3.8, 4) is 0 Å². The molecule has 4 rings (SSSR count). The number of halogens is 1. The zero-order valence-electron chi connectivity index (χ0n) is 18.9. The third kappa shape index (κ3) is 5.02. The first kappa shape index (κ1) is 24.0. The summed E-state index contributed by atoms with van der Waals surface area (Å²) in [7, 11) is 0. The molecule has 3 aromatic rings. The number of nitrogens with zero attached hydrogens (tertiary/aromatic N) is 1. The third-order valence-electron chi connectivity index (χ3n) is 5.73. The van der Waals surface area contributed by atoms with Crippen molar-refractivity contribution in [2.75, 3.05) is 11.9 Å². The molecule has 0 radical (unpaired) electrons. The van der Waals surface area contributed by atoms with Crippen molar-refractivity contribution >= 4 is 41.0 Å². The molecule has 9 heteroatoms. The summed E-state index contributed by atoms with van der Waals surface area (Å²) >= 11 is 6.24. The van der Waals surface area contributed by atoms with Crippen LogP contribution in [0.1, 0.15) is 28.4 Å². The molecule has 35 heavy (non-hydrogen) atoms. The minimum atomic E-state index is -1.40. The van der Waals surface area contributed by atoms with Gasteiger partial charge in [0.1, 0.15) is 12.1 Å². The number of carbonyl (C=O) groups is 4. The van der Waals surface area contributed by atoms with Gasteiger partial charge in [0.05, 0.1) is 11.3 Å². The Morgan fingerprint density at radius 2 is 1.60 bits per heavy atom. The maximum atomic E-state index is 13.1. The lowest BCUT2D eigenvalue weighted by Crippen LogP contribution is -2.42. The van der Waals surface area contributed by atoms with E-state index in [-0.39, 0.29) is 17.2 Å². The Bertz CT molecular complexity index is 1300. The average Bonchev–Trinajstić information content (AvgIpc) is 3.07. The number of nitrogens with one attached hydrogen (secondary N) is 3. The Hall–Kier alpha value is -4.17. The van der Waals surface area contributed by atoms with E-state index in [9.17, 15) is 19.2 Å². The van der Waals surface area contributed by atoms with Gasteiger partial charge in [-0.15, -0.1) is 0 Å². The van der Waals surface area contributed by atoms with Crippen molar-refractivity contribution in [3.05, 3.63) is 101 Å². The van der Waals surface area contributed by atoms with Crippen LogP contribution in [-0.2, 0) is 21.7 Å². The van der Waals surface area contributed by atoms with Gasteiger partial charge in [0.15, 0.2) is 0 Å². The maximum absolute atomic E-state index is 13.1. The Labute approximate surface area is 207 Å². The van der Waals surface area contributed by atoms with Crippen LogP contribution in [0.15, 0.2) is 78.9 Å². The van der Waals surface area contributed by atoms with Crippen molar-refractivity contribution in [1.29, 1.82) is 0 Å². The number of hydrogen-bond acceptors (Lipinski definition) is 4. The first-order valence-corrected chi connectivity index (χ1v) is 11.3. The Kier molecular flexibility index (Phi) is 6.84. The lowest BCUT2D eigenvalue weighted by atomic mass is 9.92. The predicted octanol–water partition coefficient (Wildman–Crippen LogP) is 3.68. The molecule has 0 aromatic heterocycles. The zero-order valence-corrected chi connectivity index (χ0v) is 19.6. The molecule has 0 aliphatic carbocycles. The molecule has 1 aliphatic heterocycles. The number of anilines is 1. The highest BCUT2D eigenvalue weighted by Gasteiger charge is 2.50. The summed E-state index contributed by atoms with van der Waals surface area (Å²) in [5, 5.41) is 8.41. The summed E-state index contributed by atoms with van der Waals surface area (Å²) in [6.07, 6.45) is 0. The number of hydrogen-bond donors (Lipinski definition) is 3. The van der Waals surface area contributed by atoms with E-state index < -0.39 is 29.9 Å². The van der Waals surface area contributed by atoms with E-state index in [1.165, 1.54) is 0 Å². The van der Waals surface area contributed by atoms with Gasteiger partial charge < -0.3 is 16.0 Å². The van der Waals surface area contributed by atoms with Crippen molar-refractivity contribution < 1.29 is 19.2 Å². The molecule has 1 saturated heterocycles. The van der Waals surface area contributed by atoms with Gasteiger partial charge in [0.25, 0.3) is 11.8 Å². The summed E-state index contributed by atoms with van der Waals surface area (Å²) in [5.41, 5.74) is 0.495. The number of para-hydroxylation sites is 1. The normalized spacial score (nSPS) is 17.1. The topological polar surface area (TPSA) is 108 Å². The molecule has 0 saturated carbocycles. The van der Waals surface area contributed by atoms with E-state index in [1.54, 1.807) is 55.5 Å². The predicted molar refractivity (Wildman–Crippen MR) is 132 cm³/mol. The van der Waals surface area contributed by atoms with Gasteiger partial charge in [-0.1, -0.05) is 72.3 Å². The lowest BCUT2D eigenvalue weighted by molar-refractivity contribution is -0.133. The molecule has 5 amide bonds. The fraction of sp³-hybridized carbons (Fsp3) is 0.154. The summed E-state index contributed by atoms with van der Waals surface area (Å²) in [6, 6.07) is 21.9. The fourth-order valence-electron chi connectivity index (χ4n) is 3.89. The molecule has 178 valence electrons. The van der Waals surface area contributed by atoms with Crippen molar-refractivity contribution in [1.82, 2.24) is 15.5 Å². The third-order valence-corrected chi connectivity index (χ3v) is 6.06. The van der Waals surface area contributed by atoms with Crippen molar-refractivity contribution in [2.24, 2.45) is 0 Å². The summed E-state index contributed by atoms with van der Waals surface area (Å²) < 4.78 is 0. The van der Waals surface area contributed by atoms with Crippen LogP contribution < -0.4 is 16.0 Å². The van der Waals surface area contributed by atoms with Gasteiger partial charge >= 0.3 is 6.03 Å². The van der Waals surface area contributed by atoms with Crippen molar-refractivity contribution in [3.63, 3.8) is 0 Å². The van der Waals surface area contributed by atoms with E-state index in [4.69, 9.17) is 11.6 Å². The van der Waals surface area contributed by atoms with Gasteiger partial charge in [-0.05, 0) is 30.7 Å². The first-order chi connectivity index (χ1) is 16.8. The van der Waals surface area contributed by atoms with Crippen LogP contribution in [0.3, 0.4) is 0 Å². The molecule has 3 N–H and O–H groups in total. The van der Waals surface area contributed by atoms with Crippen LogP contribution in [0.5, 0.6) is 0 Å². The van der Waals surface area contributed by atoms with Gasteiger partial charge in [-0.3, -0.25) is 19.3 Å². The molecular weight excluding hydrogens is 468 g/mol. The van der Waals surface area contributed by atoms with E-state index in [1.807, 2.05) is 30.3 Å². The van der Waals surface area contributed by atoms with Crippen LogP contribution in [0.4, 0.5) is 10.5 Å². The molecular formula is C26H23ClN4O4. The SMILES string of the molecule is C[C@]1(c2ccccc2Cl)NC(=O)N(CC(=O)Nc2ccccc2C(=O)NCc2ccccc2)C1=O. The molecule has 0 spiro atoms. The minimum absolute atomic E-state index is 0.259. The Morgan fingerprint density at radius 3 is 2.34 bits per heavy atom. The number of benzene rings is 3. The van der Waals surface area contributed by atoms with E-state index in [2.05, 4.69) is 16.0 Å². The second kappa shape index (κ2) is 9.99. The smallest absolute Gasteiger partial charge is 0.325 e. The van der Waals surface area contributed by atoms with Crippen LogP contribution in [-0.4, -0.2) is 35.2 Å². The van der Waals surface area contributed by atoms with E-state index >= 15 is 0 Å². The highest BCUT2D eigenvalue weighted by atomic mass is 35.5. The quantitative estimate of drug-likeness (QED) is 0.439. The molecule has 1 fully saturated rings. The summed E-state index contributed by atoms with van der Waals surface area (Å²) in [6.45, 7) is 1.34. The van der Waals surface area contributed by atoms with Crippen LogP contribution >= 0.6 is 11.6 Å². The molecule has 1 heterocycles. The summed E-state index contributed by atoms with van der Waals surface area (Å²) in [4.78, 5) is 52.0. The van der Waals surface area contributed by atoms with Crippen LogP contribution in [0.25, 0.3) is 0 Å². The number of rotatable bonds is 7. The molecule has 1 aliphatic rings. The molecule has 3 aromatic carbocycles. The highest BCUT2D eigenvalue weighted by molar-refractivity contribution is 6.32. The van der Waals surface area contributed by atoms with Crippen LogP contribution in [0, 0.1) is 0 Å². The number of amides is 5. The molecule has 8 nitrogen and oxygen atoms in total. The van der Waals surface area contributed by atoms with Gasteiger partial charge in [-0.2, -0.15) is 0 Å². The van der Waals surface area contributed by atoms with E-state index in [0.29, 0.717) is 17.1 Å². The number of carbonyl (C=O) groups excluding carboxylic acids is 4. The van der Waals surface area contributed by atoms with Gasteiger partial charge in [-0.25, -0.2) is 4.79 Å². The van der Waals surface area contributed by atoms with Gasteiger partial charge in [0, 0.05) is 17.1 Å². The van der Waals surface area contributed by atoms with E-state index in [0.717, 1.165) is 10.5 Å². The largest absolute Gasteiger partial charge is 0.348 e. The van der Waals surface area contributed by atoms with Crippen LogP contribution in [0.2, 0.25) is 5.02 Å². The standard InChI is InChI=1S/C26H23ClN4O4/c1-26(19-12-6-7-13-20(19)27)24(34)31(25(35)30-26)16-22(32)29-21-14-8-5-11-18(21)23(33)28-15-17-9-3-2-4-10-17/h2-14H,15-16H2,1H3,(H,28,33)(H,29,32)(H,30,35)/t26-/m1/s1. The number of imide groups is 1. The summed E-state index contributed by atoms with van der Waals surface area (Å²) in [5.74, 6) is -1.59. The molecule has 0 unspecified atom stereocenters. The maximum Gasteiger partial charge on any atom is 0.325 e. The lowest BCUT2D eigenvalue weighted by Gasteiger charge is -2.23. The first-order valence-electron chi connectivity index (χ1n) is 10.9. The van der Waals surface area contributed by atoms with Gasteiger partial charge in [0.2, 0.25) is 5.91 Å². The average molecular weight is 491 g/mol. The fourth-order valence-corrected chi connectivity index (χ4v) is 4.21.